The third kappa shape index (κ3) is 4.03. The summed E-state index contributed by atoms with van der Waals surface area (Å²) in [5, 5.41) is 5.11. The summed E-state index contributed by atoms with van der Waals surface area (Å²) in [6, 6.07) is 0.709. The summed E-state index contributed by atoms with van der Waals surface area (Å²) in [5.41, 5.74) is 1.22. The highest BCUT2D eigenvalue weighted by atomic mass is 32.1. The van der Waals surface area contributed by atoms with Crippen molar-refractivity contribution in [3.8, 4) is 0 Å². The van der Waals surface area contributed by atoms with E-state index in [1.54, 1.807) is 0 Å². The Hall–Kier alpha value is -0.410. The maximum atomic E-state index is 4.73. The molecule has 3 heteroatoms. The molecule has 0 spiro atoms. The van der Waals surface area contributed by atoms with Crippen LogP contribution in [0.1, 0.15) is 55.1 Å². The van der Waals surface area contributed by atoms with Crippen LogP contribution in [0.3, 0.4) is 0 Å². The van der Waals surface area contributed by atoms with Crippen molar-refractivity contribution in [3.05, 3.63) is 15.6 Å². The molecule has 1 aromatic rings. The van der Waals surface area contributed by atoms with Gasteiger partial charge in [0.15, 0.2) is 0 Å². The first-order valence-corrected chi connectivity index (χ1v) is 8.58. The van der Waals surface area contributed by atoms with Gasteiger partial charge in [-0.1, -0.05) is 13.8 Å². The van der Waals surface area contributed by atoms with Gasteiger partial charge in [-0.15, -0.1) is 11.3 Å². The lowest BCUT2D eigenvalue weighted by atomic mass is 9.77. The van der Waals surface area contributed by atoms with E-state index in [4.69, 9.17) is 4.98 Å². The predicted molar refractivity (Wildman–Crippen MR) is 83.9 cm³/mol. The van der Waals surface area contributed by atoms with E-state index in [0.717, 1.165) is 18.4 Å². The van der Waals surface area contributed by atoms with Gasteiger partial charge < -0.3 is 5.32 Å². The largest absolute Gasteiger partial charge is 0.314 e. The first-order chi connectivity index (χ1) is 9.10. The topological polar surface area (TPSA) is 24.9 Å². The van der Waals surface area contributed by atoms with Crippen LogP contribution in [0.5, 0.6) is 0 Å². The van der Waals surface area contributed by atoms with Crippen LogP contribution < -0.4 is 5.32 Å². The van der Waals surface area contributed by atoms with Crippen LogP contribution in [-0.2, 0) is 6.42 Å². The molecule has 1 fully saturated rings. The van der Waals surface area contributed by atoms with Gasteiger partial charge in [0.2, 0.25) is 0 Å². The number of aromatic nitrogens is 1. The highest BCUT2D eigenvalue weighted by Crippen LogP contribution is 2.32. The molecule has 1 N–H and O–H groups in total. The average Bonchev–Trinajstić information content (AvgIpc) is 2.67. The molecule has 0 aromatic carbocycles. The second kappa shape index (κ2) is 6.85. The molecule has 0 saturated heterocycles. The summed E-state index contributed by atoms with van der Waals surface area (Å²) in [4.78, 5) is 6.12. The molecule has 1 aliphatic rings. The molecule has 1 aliphatic carbocycles. The SMILES string of the molecule is CCCNC1CCC(C)CC1Cc1nc(C)c(C)s1. The molecule has 1 saturated carbocycles. The summed E-state index contributed by atoms with van der Waals surface area (Å²) in [6.07, 6.45) is 6.49. The third-order valence-corrected chi connectivity index (χ3v) is 5.51. The Balaban J connectivity index is 2.00. The molecule has 2 rings (SSSR count). The number of rotatable bonds is 5. The van der Waals surface area contributed by atoms with Crippen LogP contribution >= 0.6 is 11.3 Å². The number of nitrogens with one attached hydrogen (secondary N) is 1. The Morgan fingerprint density at radius 3 is 2.74 bits per heavy atom. The molecule has 2 nitrogen and oxygen atoms in total. The summed E-state index contributed by atoms with van der Waals surface area (Å²) in [6.45, 7) is 10.1. The number of aryl methyl sites for hydroxylation is 2. The van der Waals surface area contributed by atoms with Crippen molar-refractivity contribution < 1.29 is 0 Å². The van der Waals surface area contributed by atoms with E-state index in [1.807, 2.05) is 11.3 Å². The fourth-order valence-electron chi connectivity index (χ4n) is 3.17. The zero-order valence-corrected chi connectivity index (χ0v) is 13.6. The van der Waals surface area contributed by atoms with Crippen LogP contribution in [-0.4, -0.2) is 17.6 Å². The van der Waals surface area contributed by atoms with Gasteiger partial charge >= 0.3 is 0 Å². The Morgan fingerprint density at radius 2 is 2.11 bits per heavy atom. The summed E-state index contributed by atoms with van der Waals surface area (Å²) >= 11 is 1.90. The fraction of sp³-hybridized carbons (Fsp3) is 0.812. The van der Waals surface area contributed by atoms with Crippen LogP contribution in [0.4, 0.5) is 0 Å². The van der Waals surface area contributed by atoms with E-state index < -0.39 is 0 Å². The van der Waals surface area contributed by atoms with Gasteiger partial charge in [-0.3, -0.25) is 0 Å². The van der Waals surface area contributed by atoms with Crippen LogP contribution in [0, 0.1) is 25.7 Å². The van der Waals surface area contributed by atoms with Gasteiger partial charge in [-0.2, -0.15) is 0 Å². The van der Waals surface area contributed by atoms with E-state index in [-0.39, 0.29) is 0 Å². The van der Waals surface area contributed by atoms with Crippen LogP contribution in [0.2, 0.25) is 0 Å². The highest BCUT2D eigenvalue weighted by molar-refractivity contribution is 7.11. The molecule has 0 radical (unpaired) electrons. The average molecular weight is 280 g/mol. The molecule has 1 aromatic heterocycles. The molecule has 19 heavy (non-hydrogen) atoms. The molecule has 0 amide bonds. The van der Waals surface area contributed by atoms with Crippen LogP contribution in [0.25, 0.3) is 0 Å². The quantitative estimate of drug-likeness (QED) is 0.878. The van der Waals surface area contributed by atoms with Gasteiger partial charge in [-0.25, -0.2) is 4.98 Å². The summed E-state index contributed by atoms with van der Waals surface area (Å²) in [5.74, 6) is 1.66. The molecule has 0 bridgehead atoms. The molecular weight excluding hydrogens is 252 g/mol. The van der Waals surface area contributed by atoms with Gasteiger partial charge in [-0.05, 0) is 57.9 Å². The number of hydrogen-bond donors (Lipinski definition) is 1. The Morgan fingerprint density at radius 1 is 1.32 bits per heavy atom. The van der Waals surface area contributed by atoms with Gasteiger partial charge in [0.1, 0.15) is 0 Å². The van der Waals surface area contributed by atoms with Crippen molar-refractivity contribution in [1.82, 2.24) is 10.3 Å². The fourth-order valence-corrected chi connectivity index (χ4v) is 4.20. The maximum absolute atomic E-state index is 4.73. The van der Waals surface area contributed by atoms with Crippen molar-refractivity contribution in [2.45, 2.75) is 65.8 Å². The van der Waals surface area contributed by atoms with Gasteiger partial charge in [0, 0.05) is 17.3 Å². The Labute approximate surface area is 122 Å². The normalized spacial score (nSPS) is 27.7. The highest BCUT2D eigenvalue weighted by Gasteiger charge is 2.29. The lowest BCUT2D eigenvalue weighted by molar-refractivity contribution is 0.212. The minimum Gasteiger partial charge on any atom is -0.314 e. The lowest BCUT2D eigenvalue weighted by Gasteiger charge is -2.35. The minimum absolute atomic E-state index is 0.709. The monoisotopic (exact) mass is 280 g/mol. The molecule has 3 unspecified atom stereocenters. The zero-order chi connectivity index (χ0) is 13.8. The Bertz CT molecular complexity index is 378. The zero-order valence-electron chi connectivity index (χ0n) is 12.8. The summed E-state index contributed by atoms with van der Waals surface area (Å²) in [7, 11) is 0. The van der Waals surface area contributed by atoms with Crippen molar-refractivity contribution >= 4 is 11.3 Å². The Kier molecular flexibility index (Phi) is 5.40. The van der Waals surface area contributed by atoms with Crippen molar-refractivity contribution in [1.29, 1.82) is 0 Å². The van der Waals surface area contributed by atoms with E-state index in [9.17, 15) is 0 Å². The smallest absolute Gasteiger partial charge is 0.0934 e. The second-order valence-electron chi connectivity index (χ2n) is 6.19. The van der Waals surface area contributed by atoms with Crippen molar-refractivity contribution in [3.63, 3.8) is 0 Å². The predicted octanol–water partition coefficient (Wildman–Crippen LogP) is 4.11. The number of thiazole rings is 1. The number of nitrogens with zero attached hydrogens (tertiary/aromatic N) is 1. The molecule has 108 valence electrons. The maximum Gasteiger partial charge on any atom is 0.0934 e. The van der Waals surface area contributed by atoms with Gasteiger partial charge in [0.25, 0.3) is 0 Å². The minimum atomic E-state index is 0.709. The molecule has 0 aliphatic heterocycles. The van der Waals surface area contributed by atoms with E-state index in [1.165, 1.54) is 47.7 Å². The first-order valence-electron chi connectivity index (χ1n) is 7.76. The van der Waals surface area contributed by atoms with Crippen LogP contribution in [0.15, 0.2) is 0 Å². The number of hydrogen-bond acceptors (Lipinski definition) is 3. The van der Waals surface area contributed by atoms with E-state index >= 15 is 0 Å². The van der Waals surface area contributed by atoms with E-state index in [2.05, 4.69) is 33.0 Å². The van der Waals surface area contributed by atoms with E-state index in [0.29, 0.717) is 6.04 Å². The first kappa shape index (κ1) is 15.0. The molecular formula is C16H28N2S. The summed E-state index contributed by atoms with van der Waals surface area (Å²) < 4.78 is 0. The third-order valence-electron chi connectivity index (χ3n) is 4.41. The van der Waals surface area contributed by atoms with Crippen molar-refractivity contribution in [2.75, 3.05) is 6.54 Å². The van der Waals surface area contributed by atoms with Gasteiger partial charge in [0.05, 0.1) is 10.7 Å². The second-order valence-corrected chi connectivity index (χ2v) is 7.48. The molecule has 3 atom stereocenters. The lowest BCUT2D eigenvalue weighted by Crippen LogP contribution is -2.41. The molecule has 1 heterocycles. The standard InChI is InChI=1S/C16H28N2S/c1-5-8-17-15-7-6-11(2)9-14(15)10-16-18-12(3)13(4)19-16/h11,14-15,17H,5-10H2,1-4H3. The van der Waals surface area contributed by atoms with Crippen molar-refractivity contribution in [2.24, 2.45) is 11.8 Å².